The molecule has 0 saturated carbocycles. The van der Waals surface area contributed by atoms with Gasteiger partial charge in [-0.05, 0) is 58.2 Å². The van der Waals surface area contributed by atoms with E-state index in [-0.39, 0.29) is 12.4 Å². The van der Waals surface area contributed by atoms with Crippen LogP contribution in [0, 0.1) is 5.82 Å². The number of aliphatic hydroxyl groups excluding tert-OH is 1. The summed E-state index contributed by atoms with van der Waals surface area (Å²) >= 11 is 3.55. The van der Waals surface area contributed by atoms with E-state index in [0.29, 0.717) is 51.0 Å². The van der Waals surface area contributed by atoms with E-state index >= 15 is 0 Å². The van der Waals surface area contributed by atoms with Gasteiger partial charge in [-0.3, -0.25) is 0 Å². The van der Waals surface area contributed by atoms with Gasteiger partial charge in [-0.1, -0.05) is 12.1 Å². The minimum atomic E-state index is -0.270. The highest BCUT2D eigenvalue weighted by Crippen LogP contribution is 2.37. The summed E-state index contributed by atoms with van der Waals surface area (Å²) < 4.78 is 30.7. The molecule has 0 aromatic heterocycles. The summed E-state index contributed by atoms with van der Waals surface area (Å²) in [6, 6.07) is 10.1. The third-order valence-electron chi connectivity index (χ3n) is 3.65. The Morgan fingerprint density at radius 1 is 1.07 bits per heavy atom. The van der Waals surface area contributed by atoms with E-state index in [9.17, 15) is 4.39 Å². The Bertz CT molecular complexity index is 697. The van der Waals surface area contributed by atoms with E-state index in [1.807, 2.05) is 19.1 Å². The first-order valence-electron chi connectivity index (χ1n) is 8.85. The number of ether oxygens (including phenoxy) is 3. The molecule has 0 fully saturated rings. The quantitative estimate of drug-likeness (QED) is 0.492. The van der Waals surface area contributed by atoms with Crippen LogP contribution in [0.4, 0.5) is 4.39 Å². The van der Waals surface area contributed by atoms with Crippen molar-refractivity contribution in [3.63, 3.8) is 0 Å². The van der Waals surface area contributed by atoms with Gasteiger partial charge in [-0.15, -0.1) is 0 Å². The van der Waals surface area contributed by atoms with Crippen molar-refractivity contribution in [2.45, 2.75) is 20.1 Å². The Morgan fingerprint density at radius 2 is 1.85 bits per heavy atom. The van der Waals surface area contributed by atoms with Gasteiger partial charge in [-0.2, -0.15) is 0 Å². The number of aliphatic hydroxyl groups is 1. The number of nitrogens with one attached hydrogen (secondary N) is 1. The maximum atomic E-state index is 13.0. The summed E-state index contributed by atoms with van der Waals surface area (Å²) in [5.74, 6) is 1.01. The fourth-order valence-electron chi connectivity index (χ4n) is 2.41. The normalized spacial score (nSPS) is 10.8. The van der Waals surface area contributed by atoms with Crippen LogP contribution in [0.15, 0.2) is 40.9 Å². The Hall–Kier alpha value is -1.67. The zero-order valence-electron chi connectivity index (χ0n) is 15.3. The average Bonchev–Trinajstić information content (AvgIpc) is 2.65. The topological polar surface area (TPSA) is 60.0 Å². The molecule has 2 rings (SSSR count). The highest BCUT2D eigenvalue weighted by atomic mass is 79.9. The van der Waals surface area contributed by atoms with Gasteiger partial charge in [0.1, 0.15) is 12.4 Å². The molecule has 0 saturated heterocycles. The highest BCUT2D eigenvalue weighted by Gasteiger charge is 2.13. The van der Waals surface area contributed by atoms with Crippen LogP contribution < -0.4 is 14.8 Å². The molecule has 0 bridgehead atoms. The van der Waals surface area contributed by atoms with Crippen molar-refractivity contribution in [1.29, 1.82) is 0 Å². The second-order valence-corrected chi connectivity index (χ2v) is 6.62. The van der Waals surface area contributed by atoms with Crippen molar-refractivity contribution in [1.82, 2.24) is 5.32 Å². The fraction of sp³-hybridized carbons (Fsp3) is 0.400. The molecule has 0 aliphatic heterocycles. The first-order chi connectivity index (χ1) is 13.1. The van der Waals surface area contributed by atoms with Crippen LogP contribution in [0.25, 0.3) is 0 Å². The molecule has 7 heteroatoms. The minimum absolute atomic E-state index is 0.0318. The van der Waals surface area contributed by atoms with Crippen LogP contribution >= 0.6 is 15.9 Å². The predicted molar refractivity (Wildman–Crippen MR) is 106 cm³/mol. The first-order valence-corrected chi connectivity index (χ1v) is 9.65. The summed E-state index contributed by atoms with van der Waals surface area (Å²) in [5, 5.41) is 12.0. The average molecular weight is 442 g/mol. The van der Waals surface area contributed by atoms with Gasteiger partial charge in [-0.25, -0.2) is 4.39 Å². The van der Waals surface area contributed by atoms with Gasteiger partial charge in [0.05, 0.1) is 30.9 Å². The number of rotatable bonds is 12. The fourth-order valence-corrected chi connectivity index (χ4v) is 3.01. The maximum Gasteiger partial charge on any atom is 0.175 e. The molecule has 2 aromatic rings. The van der Waals surface area contributed by atoms with E-state index in [1.54, 1.807) is 12.1 Å². The summed E-state index contributed by atoms with van der Waals surface area (Å²) in [6.07, 6.45) is 0. The third-order valence-corrected chi connectivity index (χ3v) is 4.24. The van der Waals surface area contributed by atoms with Crippen molar-refractivity contribution in [3.8, 4) is 11.5 Å². The molecule has 0 radical (unpaired) electrons. The molecule has 0 aliphatic rings. The number of halogens is 2. The molecular weight excluding hydrogens is 417 g/mol. The van der Waals surface area contributed by atoms with E-state index in [2.05, 4.69) is 21.2 Å². The van der Waals surface area contributed by atoms with Gasteiger partial charge in [0.15, 0.2) is 11.5 Å². The summed E-state index contributed by atoms with van der Waals surface area (Å²) in [4.78, 5) is 0. The monoisotopic (exact) mass is 441 g/mol. The molecule has 0 unspecified atom stereocenters. The maximum absolute atomic E-state index is 13.0. The molecule has 0 atom stereocenters. The van der Waals surface area contributed by atoms with Crippen LogP contribution in [-0.4, -0.2) is 38.1 Å². The smallest absolute Gasteiger partial charge is 0.175 e. The second-order valence-electron chi connectivity index (χ2n) is 5.77. The Labute approximate surface area is 167 Å². The lowest BCUT2D eigenvalue weighted by Gasteiger charge is -2.16. The van der Waals surface area contributed by atoms with Gasteiger partial charge in [0.25, 0.3) is 0 Å². The van der Waals surface area contributed by atoms with Crippen LogP contribution in [0.1, 0.15) is 18.1 Å². The molecule has 0 spiro atoms. The van der Waals surface area contributed by atoms with Crippen LogP contribution in [-0.2, 0) is 17.9 Å². The predicted octanol–water partition coefficient (Wildman–Crippen LogP) is 3.66. The molecule has 0 heterocycles. The lowest BCUT2D eigenvalue weighted by molar-refractivity contribution is 0.0938. The largest absolute Gasteiger partial charge is 0.490 e. The zero-order chi connectivity index (χ0) is 19.5. The zero-order valence-corrected chi connectivity index (χ0v) is 16.9. The lowest BCUT2D eigenvalue weighted by Crippen LogP contribution is -2.20. The molecule has 2 aromatic carbocycles. The first kappa shape index (κ1) is 21.6. The van der Waals surface area contributed by atoms with Crippen molar-refractivity contribution >= 4 is 15.9 Å². The van der Waals surface area contributed by atoms with Crippen LogP contribution in [0.2, 0.25) is 0 Å². The van der Waals surface area contributed by atoms with E-state index < -0.39 is 0 Å². The standard InChI is InChI=1S/C20H25BrFNO4/c1-2-26-19-12-16(13-23-7-9-25-10-8-24)11-18(21)20(19)27-14-15-3-5-17(22)6-4-15/h3-6,11-12,23-24H,2,7-10,13-14H2,1H3. The molecule has 148 valence electrons. The number of hydrogen-bond donors (Lipinski definition) is 2. The van der Waals surface area contributed by atoms with Crippen LogP contribution in [0.3, 0.4) is 0 Å². The molecule has 5 nitrogen and oxygen atoms in total. The molecule has 2 N–H and O–H groups in total. The third kappa shape index (κ3) is 7.46. The summed E-state index contributed by atoms with van der Waals surface area (Å²) in [5.41, 5.74) is 1.92. The summed E-state index contributed by atoms with van der Waals surface area (Å²) in [7, 11) is 0. The number of benzene rings is 2. The molecular formula is C20H25BrFNO4. The van der Waals surface area contributed by atoms with Crippen molar-refractivity contribution < 1.29 is 23.7 Å². The summed E-state index contributed by atoms with van der Waals surface area (Å²) in [6.45, 7) is 5.01. The second kappa shape index (κ2) is 11.9. The van der Waals surface area contributed by atoms with Crippen LogP contribution in [0.5, 0.6) is 11.5 Å². The molecule has 0 amide bonds. The minimum Gasteiger partial charge on any atom is -0.490 e. The van der Waals surface area contributed by atoms with E-state index in [1.165, 1.54) is 12.1 Å². The molecule has 0 aliphatic carbocycles. The van der Waals surface area contributed by atoms with E-state index in [0.717, 1.165) is 15.6 Å². The SMILES string of the molecule is CCOc1cc(CNCCOCCO)cc(Br)c1OCc1ccc(F)cc1. The van der Waals surface area contributed by atoms with Crippen molar-refractivity contribution in [2.24, 2.45) is 0 Å². The van der Waals surface area contributed by atoms with Crippen molar-refractivity contribution in [3.05, 3.63) is 57.8 Å². The Balaban J connectivity index is 1.98. The van der Waals surface area contributed by atoms with E-state index in [4.69, 9.17) is 19.3 Å². The van der Waals surface area contributed by atoms with Gasteiger partial charge in [0.2, 0.25) is 0 Å². The Kier molecular flexibility index (Phi) is 9.55. The lowest BCUT2D eigenvalue weighted by atomic mass is 10.2. The Morgan fingerprint density at radius 3 is 2.56 bits per heavy atom. The number of hydrogen-bond acceptors (Lipinski definition) is 5. The molecule has 27 heavy (non-hydrogen) atoms. The van der Waals surface area contributed by atoms with Gasteiger partial charge < -0.3 is 24.6 Å². The van der Waals surface area contributed by atoms with Gasteiger partial charge >= 0.3 is 0 Å². The van der Waals surface area contributed by atoms with Crippen molar-refractivity contribution in [2.75, 3.05) is 33.0 Å². The highest BCUT2D eigenvalue weighted by molar-refractivity contribution is 9.10. The van der Waals surface area contributed by atoms with Gasteiger partial charge in [0, 0.05) is 13.1 Å².